The summed E-state index contributed by atoms with van der Waals surface area (Å²) in [5.41, 5.74) is 7.35. The highest BCUT2D eigenvalue weighted by Crippen LogP contribution is 1.89. The molecule has 0 saturated carbocycles. The standard InChI is InChI=1S/2C4H11N.C4H6O6/c2*1-2-3-4-5;5-1(3(7)8)2(6)4(9)10/h2*2-5H2,1H3;1-2,5-6H,(H,7,8)(H,9,10)/t;;1-,2-/m..0/s1. The van der Waals surface area contributed by atoms with E-state index in [0.717, 1.165) is 13.1 Å². The number of aliphatic hydroxyl groups is 2. The van der Waals surface area contributed by atoms with E-state index in [1.807, 2.05) is 0 Å². The van der Waals surface area contributed by atoms with Gasteiger partial charge in [0.05, 0.1) is 25.0 Å². The average molecular weight is 296 g/mol. The molecule has 0 aromatic heterocycles. The van der Waals surface area contributed by atoms with Crippen molar-refractivity contribution >= 4 is 11.9 Å². The second-order valence-corrected chi connectivity index (χ2v) is 3.94. The third-order valence-corrected chi connectivity index (χ3v) is 1.99. The van der Waals surface area contributed by atoms with Gasteiger partial charge in [-0.2, -0.15) is 0 Å². The third-order valence-electron chi connectivity index (χ3n) is 1.99. The number of carbonyl (C=O) groups is 2. The van der Waals surface area contributed by atoms with Crippen LogP contribution >= 0.6 is 0 Å². The summed E-state index contributed by atoms with van der Waals surface area (Å²) in [5, 5.41) is 35.7. The first kappa shape index (κ1) is 23.8. The predicted molar refractivity (Wildman–Crippen MR) is 67.4 cm³/mol. The Hall–Kier alpha value is -1.22. The highest BCUT2D eigenvalue weighted by molar-refractivity contribution is 5.80. The first-order valence-corrected chi connectivity index (χ1v) is 6.66. The van der Waals surface area contributed by atoms with Gasteiger partial charge < -0.3 is 41.5 Å². The molecule has 2 atom stereocenters. The van der Waals surface area contributed by atoms with Gasteiger partial charge in [-0.15, -0.1) is 0 Å². The summed E-state index contributed by atoms with van der Waals surface area (Å²) in [6, 6.07) is 0. The monoisotopic (exact) mass is 296 g/mol. The molecule has 8 N–H and O–H groups in total. The first-order chi connectivity index (χ1) is 9.29. The molecule has 0 fully saturated rings. The first-order valence-electron chi connectivity index (χ1n) is 6.66. The molecule has 0 rings (SSSR count). The summed E-state index contributed by atoms with van der Waals surface area (Å²) < 4.78 is 0. The molecule has 0 heterocycles. The molecule has 0 spiro atoms. The summed E-state index contributed by atoms with van der Waals surface area (Å²) in [6.45, 7) is 6.53. The minimum Gasteiger partial charge on any atom is -0.547 e. The zero-order chi connectivity index (χ0) is 16.6. The zero-order valence-corrected chi connectivity index (χ0v) is 12.3. The Kier molecular flexibility index (Phi) is 21.2. The Labute approximate surface area is 119 Å². The van der Waals surface area contributed by atoms with E-state index in [0.29, 0.717) is 0 Å². The maximum Gasteiger partial charge on any atom is 0.124 e. The van der Waals surface area contributed by atoms with E-state index in [9.17, 15) is 19.8 Å². The Morgan fingerprint density at radius 1 is 0.900 bits per heavy atom. The van der Waals surface area contributed by atoms with Gasteiger partial charge in [0.15, 0.2) is 0 Å². The highest BCUT2D eigenvalue weighted by atomic mass is 16.4. The lowest BCUT2D eigenvalue weighted by molar-refractivity contribution is -0.368. The van der Waals surface area contributed by atoms with Gasteiger partial charge >= 0.3 is 0 Å². The lowest BCUT2D eigenvalue weighted by Crippen LogP contribution is -2.51. The molecule has 0 aliphatic carbocycles. The lowest BCUT2D eigenvalue weighted by atomic mass is 10.2. The zero-order valence-electron chi connectivity index (χ0n) is 12.3. The van der Waals surface area contributed by atoms with Crippen molar-refractivity contribution in [1.29, 1.82) is 0 Å². The van der Waals surface area contributed by atoms with Gasteiger partial charge in [-0.1, -0.05) is 26.7 Å². The number of carboxylic acid groups (broad SMARTS) is 2. The van der Waals surface area contributed by atoms with Gasteiger partial charge in [0, 0.05) is 0 Å². The van der Waals surface area contributed by atoms with Crippen molar-refractivity contribution in [2.45, 2.75) is 51.7 Å². The van der Waals surface area contributed by atoms with Crippen LogP contribution in [0.3, 0.4) is 0 Å². The van der Waals surface area contributed by atoms with Crippen LogP contribution in [0.15, 0.2) is 0 Å². The van der Waals surface area contributed by atoms with Crippen molar-refractivity contribution in [1.82, 2.24) is 0 Å². The van der Waals surface area contributed by atoms with Crippen molar-refractivity contribution in [3.8, 4) is 0 Å². The second-order valence-electron chi connectivity index (χ2n) is 3.94. The molecule has 20 heavy (non-hydrogen) atoms. The predicted octanol–water partition coefficient (Wildman–Crippen LogP) is -4.74. The summed E-state index contributed by atoms with van der Waals surface area (Å²) in [4.78, 5) is 19.3. The highest BCUT2D eigenvalue weighted by Gasteiger charge is 2.17. The van der Waals surface area contributed by atoms with Crippen molar-refractivity contribution < 1.29 is 41.5 Å². The number of rotatable bonds is 7. The SMILES string of the molecule is CCCC[NH3+].CCCC[NH3+].O=C([O-])[C@@H](O)[C@H](O)C(=O)[O-]. The van der Waals surface area contributed by atoms with Gasteiger partial charge in [0.1, 0.15) is 12.2 Å². The fourth-order valence-corrected chi connectivity index (χ4v) is 0.758. The van der Waals surface area contributed by atoms with E-state index >= 15 is 0 Å². The van der Waals surface area contributed by atoms with Crippen LogP contribution in [0.1, 0.15) is 39.5 Å². The molecule has 0 saturated heterocycles. The van der Waals surface area contributed by atoms with Gasteiger partial charge in [0.25, 0.3) is 0 Å². The fourth-order valence-electron chi connectivity index (χ4n) is 0.758. The molecule has 0 aliphatic heterocycles. The average Bonchev–Trinajstić information content (AvgIpc) is 2.40. The number of carboxylic acids is 2. The molecule has 0 aromatic carbocycles. The summed E-state index contributed by atoms with van der Waals surface area (Å²) in [6.07, 6.45) is 0.238. The second kappa shape index (κ2) is 17.8. The maximum atomic E-state index is 9.63. The minimum atomic E-state index is -2.44. The van der Waals surface area contributed by atoms with Crippen LogP contribution in [-0.4, -0.2) is 47.4 Å². The largest absolute Gasteiger partial charge is 0.547 e. The normalized spacial score (nSPS) is 12.1. The molecular weight excluding hydrogens is 268 g/mol. The van der Waals surface area contributed by atoms with E-state index in [2.05, 4.69) is 25.3 Å². The van der Waals surface area contributed by atoms with E-state index in [-0.39, 0.29) is 0 Å². The molecule has 0 aromatic rings. The Morgan fingerprint density at radius 2 is 1.15 bits per heavy atom. The van der Waals surface area contributed by atoms with Crippen molar-refractivity contribution in [2.24, 2.45) is 0 Å². The van der Waals surface area contributed by atoms with Crippen LogP contribution < -0.4 is 21.7 Å². The number of carbonyl (C=O) groups excluding carboxylic acids is 2. The van der Waals surface area contributed by atoms with Crippen LogP contribution in [-0.2, 0) is 9.59 Å². The molecule has 8 nitrogen and oxygen atoms in total. The molecule has 0 radical (unpaired) electrons. The van der Waals surface area contributed by atoms with Crippen LogP contribution in [0.4, 0.5) is 0 Å². The number of aliphatic carboxylic acids is 2. The molecule has 0 amide bonds. The van der Waals surface area contributed by atoms with E-state index in [1.165, 1.54) is 25.7 Å². The molecule has 8 heteroatoms. The Bertz CT molecular complexity index is 210. The number of aliphatic hydroxyl groups excluding tert-OH is 2. The maximum absolute atomic E-state index is 9.63. The molecule has 0 bridgehead atoms. The van der Waals surface area contributed by atoms with Crippen LogP contribution in [0.5, 0.6) is 0 Å². The van der Waals surface area contributed by atoms with Gasteiger partial charge in [-0.05, 0) is 12.8 Å². The summed E-state index contributed by atoms with van der Waals surface area (Å²) in [5.74, 6) is -4.12. The number of hydrogen-bond acceptors (Lipinski definition) is 6. The smallest absolute Gasteiger partial charge is 0.124 e. The number of unbranched alkanes of at least 4 members (excludes halogenated alkanes) is 2. The van der Waals surface area contributed by atoms with Gasteiger partial charge in [0.2, 0.25) is 0 Å². The minimum absolute atomic E-state index is 1.09. The van der Waals surface area contributed by atoms with Gasteiger partial charge in [-0.3, -0.25) is 0 Å². The molecule has 0 unspecified atom stereocenters. The van der Waals surface area contributed by atoms with Crippen LogP contribution in [0, 0.1) is 0 Å². The van der Waals surface area contributed by atoms with Crippen molar-refractivity contribution in [2.75, 3.05) is 13.1 Å². The quantitative estimate of drug-likeness (QED) is 0.366. The van der Waals surface area contributed by atoms with Crippen molar-refractivity contribution in [3.05, 3.63) is 0 Å². The number of quaternary nitrogens is 2. The Balaban J connectivity index is -0.000000244. The third kappa shape index (κ3) is 19.1. The lowest BCUT2D eigenvalue weighted by Gasteiger charge is -2.18. The Morgan fingerprint density at radius 3 is 1.20 bits per heavy atom. The van der Waals surface area contributed by atoms with Crippen LogP contribution in [0.2, 0.25) is 0 Å². The molecular formula is C12H28N2O6. The van der Waals surface area contributed by atoms with Crippen LogP contribution in [0.25, 0.3) is 0 Å². The van der Waals surface area contributed by atoms with E-state index in [4.69, 9.17) is 10.2 Å². The summed E-state index contributed by atoms with van der Waals surface area (Å²) >= 11 is 0. The topological polar surface area (TPSA) is 176 Å². The molecule has 122 valence electrons. The molecule has 0 aliphatic rings. The fraction of sp³-hybridized carbons (Fsp3) is 0.833. The van der Waals surface area contributed by atoms with Crippen molar-refractivity contribution in [3.63, 3.8) is 0 Å². The summed E-state index contributed by atoms with van der Waals surface area (Å²) in [7, 11) is 0. The number of hydrogen-bond donors (Lipinski definition) is 4. The van der Waals surface area contributed by atoms with E-state index < -0.39 is 24.1 Å². The van der Waals surface area contributed by atoms with Gasteiger partial charge in [-0.25, -0.2) is 0 Å². The van der Waals surface area contributed by atoms with E-state index in [1.54, 1.807) is 0 Å².